The second kappa shape index (κ2) is 9.10. The maximum absolute atomic E-state index is 13.7. The lowest BCUT2D eigenvalue weighted by molar-refractivity contribution is -0.138. The van der Waals surface area contributed by atoms with Gasteiger partial charge in [-0.3, -0.25) is 14.5 Å². The molecule has 0 radical (unpaired) electrons. The highest BCUT2D eigenvalue weighted by Crippen LogP contribution is 2.44. The lowest BCUT2D eigenvalue weighted by Gasteiger charge is -2.22. The van der Waals surface area contributed by atoms with Crippen molar-refractivity contribution >= 4 is 23.5 Å². The van der Waals surface area contributed by atoms with Crippen molar-refractivity contribution < 1.29 is 18.8 Å². The summed E-state index contributed by atoms with van der Waals surface area (Å²) < 4.78 is 13.7. The topological polar surface area (TPSA) is 69.7 Å². The maximum atomic E-state index is 13.7. The Morgan fingerprint density at radius 3 is 2.38 bits per heavy atom. The zero-order valence-corrected chi connectivity index (χ0v) is 18.3. The Balaban J connectivity index is 1.56. The third-order valence-corrected chi connectivity index (χ3v) is 6.24. The maximum Gasteiger partial charge on any atom is 0.325 e. The summed E-state index contributed by atoms with van der Waals surface area (Å²) >= 11 is 0. The first-order chi connectivity index (χ1) is 15.5. The number of rotatable bonds is 9. The number of imide groups is 1. The van der Waals surface area contributed by atoms with E-state index in [1.54, 1.807) is 36.4 Å². The number of unbranched alkanes of at least 4 members (excludes halogenated alkanes) is 5. The van der Waals surface area contributed by atoms with Gasteiger partial charge in [0.25, 0.3) is 11.8 Å². The van der Waals surface area contributed by atoms with Gasteiger partial charge in [0.15, 0.2) is 0 Å². The van der Waals surface area contributed by atoms with E-state index in [0.717, 1.165) is 25.7 Å². The van der Waals surface area contributed by atoms with Gasteiger partial charge in [-0.15, -0.1) is 0 Å². The van der Waals surface area contributed by atoms with Crippen molar-refractivity contribution in [2.75, 3.05) is 11.4 Å². The normalized spacial score (nSPS) is 19.8. The van der Waals surface area contributed by atoms with Crippen molar-refractivity contribution in [3.05, 3.63) is 65.5 Å². The number of halogens is 1. The number of hydrogen-bond donors (Lipinski definition) is 1. The van der Waals surface area contributed by atoms with Gasteiger partial charge in [0.2, 0.25) is 5.54 Å². The molecule has 2 heterocycles. The van der Waals surface area contributed by atoms with Crippen LogP contribution in [0.2, 0.25) is 0 Å². The van der Waals surface area contributed by atoms with Crippen LogP contribution in [0.5, 0.6) is 0 Å². The van der Waals surface area contributed by atoms with E-state index in [1.807, 2.05) is 0 Å². The van der Waals surface area contributed by atoms with Crippen LogP contribution in [-0.2, 0) is 21.7 Å². The molecular weight excluding hydrogens is 409 g/mol. The quantitative estimate of drug-likeness (QED) is 0.357. The second-order valence-electron chi connectivity index (χ2n) is 8.44. The minimum absolute atomic E-state index is 0.107. The molecule has 0 bridgehead atoms. The summed E-state index contributed by atoms with van der Waals surface area (Å²) in [6.07, 6.45) is 6.18. The third-order valence-electron chi connectivity index (χ3n) is 6.24. The van der Waals surface area contributed by atoms with Crippen LogP contribution in [0.4, 0.5) is 14.9 Å². The number of carbonyl (C=O) groups is 3. The van der Waals surface area contributed by atoms with Crippen LogP contribution in [0.25, 0.3) is 0 Å². The summed E-state index contributed by atoms with van der Waals surface area (Å²) in [5.74, 6) is -1.44. The molecule has 2 aliphatic rings. The number of carbonyl (C=O) groups excluding carboxylic acids is 3. The average Bonchev–Trinajstić information content (AvgIpc) is 3.17. The first-order valence-electron chi connectivity index (χ1n) is 11.3. The van der Waals surface area contributed by atoms with E-state index in [2.05, 4.69) is 12.2 Å². The first-order valence-corrected chi connectivity index (χ1v) is 11.3. The number of para-hydroxylation sites is 1. The van der Waals surface area contributed by atoms with Crippen molar-refractivity contribution in [1.29, 1.82) is 0 Å². The fourth-order valence-electron chi connectivity index (χ4n) is 4.58. The summed E-state index contributed by atoms with van der Waals surface area (Å²) in [7, 11) is 0. The van der Waals surface area contributed by atoms with E-state index in [0.29, 0.717) is 23.2 Å². The highest BCUT2D eigenvalue weighted by Gasteiger charge is 2.63. The van der Waals surface area contributed by atoms with Crippen LogP contribution < -0.4 is 10.2 Å². The second-order valence-corrected chi connectivity index (χ2v) is 8.44. The van der Waals surface area contributed by atoms with E-state index in [9.17, 15) is 18.8 Å². The Labute approximate surface area is 187 Å². The molecule has 0 aliphatic carbocycles. The molecule has 32 heavy (non-hydrogen) atoms. The number of amides is 4. The van der Waals surface area contributed by atoms with E-state index < -0.39 is 29.2 Å². The molecular formula is C25H28FN3O3. The van der Waals surface area contributed by atoms with Crippen LogP contribution >= 0.6 is 0 Å². The highest BCUT2D eigenvalue weighted by atomic mass is 19.1. The molecule has 1 unspecified atom stereocenters. The van der Waals surface area contributed by atoms with Crippen molar-refractivity contribution in [3.8, 4) is 0 Å². The van der Waals surface area contributed by atoms with E-state index in [4.69, 9.17) is 0 Å². The summed E-state index contributed by atoms with van der Waals surface area (Å²) in [6, 6.07) is 12.4. The fourth-order valence-corrected chi connectivity index (χ4v) is 4.58. The van der Waals surface area contributed by atoms with Crippen molar-refractivity contribution in [3.63, 3.8) is 0 Å². The molecule has 1 atom stereocenters. The van der Waals surface area contributed by atoms with Crippen LogP contribution in [0.3, 0.4) is 0 Å². The lowest BCUT2D eigenvalue weighted by Crippen LogP contribution is -2.52. The predicted octanol–water partition coefficient (Wildman–Crippen LogP) is 4.48. The Bertz CT molecular complexity index is 1040. The van der Waals surface area contributed by atoms with Gasteiger partial charge >= 0.3 is 6.03 Å². The molecule has 168 valence electrons. The molecule has 0 saturated carbocycles. The molecule has 1 saturated heterocycles. The van der Waals surface area contributed by atoms with Crippen LogP contribution in [-0.4, -0.2) is 29.3 Å². The monoisotopic (exact) mass is 437 g/mol. The van der Waals surface area contributed by atoms with Gasteiger partial charge in [-0.1, -0.05) is 69.4 Å². The van der Waals surface area contributed by atoms with Gasteiger partial charge in [-0.2, -0.15) is 0 Å². The summed E-state index contributed by atoms with van der Waals surface area (Å²) in [4.78, 5) is 42.4. The number of anilines is 1. The SMILES string of the molecule is CCCCCCCCN1C(=O)NC2(C1=O)C(=O)N(Cc1cccc(F)c1)c1ccccc12. The van der Waals surface area contributed by atoms with Gasteiger partial charge in [-0.05, 0) is 30.2 Å². The third kappa shape index (κ3) is 3.76. The van der Waals surface area contributed by atoms with Crippen LogP contribution in [0.15, 0.2) is 48.5 Å². The largest absolute Gasteiger partial charge is 0.325 e. The van der Waals surface area contributed by atoms with E-state index in [1.165, 1.54) is 28.4 Å². The average molecular weight is 438 g/mol. The molecule has 2 aromatic rings. The minimum atomic E-state index is -1.75. The van der Waals surface area contributed by atoms with Gasteiger partial charge in [0, 0.05) is 12.1 Å². The summed E-state index contributed by atoms with van der Waals surface area (Å²) in [6.45, 7) is 2.55. The van der Waals surface area contributed by atoms with Gasteiger partial charge in [-0.25, -0.2) is 9.18 Å². The molecule has 2 aromatic carbocycles. The van der Waals surface area contributed by atoms with E-state index in [-0.39, 0.29) is 13.1 Å². The molecule has 0 aromatic heterocycles. The molecule has 1 fully saturated rings. The predicted molar refractivity (Wildman–Crippen MR) is 119 cm³/mol. The molecule has 4 rings (SSSR count). The standard InChI is InChI=1S/C25H28FN3O3/c1-2-3-4-5-6-9-15-28-22(30)25(27-24(28)32)20-13-7-8-14-21(20)29(23(25)31)17-18-11-10-12-19(26)16-18/h7-8,10-14,16H,2-6,9,15,17H2,1H3,(H,27,32). The van der Waals surface area contributed by atoms with Gasteiger partial charge < -0.3 is 10.2 Å². The highest BCUT2D eigenvalue weighted by molar-refractivity contribution is 6.27. The Kier molecular flexibility index (Phi) is 6.26. The summed E-state index contributed by atoms with van der Waals surface area (Å²) in [5.41, 5.74) is -0.128. The Morgan fingerprint density at radius 2 is 1.59 bits per heavy atom. The molecule has 6 nitrogen and oxygen atoms in total. The van der Waals surface area contributed by atoms with Crippen LogP contribution in [0.1, 0.15) is 56.6 Å². The Morgan fingerprint density at radius 1 is 0.875 bits per heavy atom. The number of benzene rings is 2. The molecule has 1 spiro atoms. The fraction of sp³-hybridized carbons (Fsp3) is 0.400. The number of nitrogens with zero attached hydrogens (tertiary/aromatic N) is 2. The number of urea groups is 1. The first kappa shape index (κ1) is 22.0. The van der Waals surface area contributed by atoms with Gasteiger partial charge in [0.1, 0.15) is 5.82 Å². The van der Waals surface area contributed by atoms with Crippen molar-refractivity contribution in [2.45, 2.75) is 57.5 Å². The Hall–Kier alpha value is -3.22. The zero-order chi connectivity index (χ0) is 22.7. The molecule has 4 amide bonds. The van der Waals surface area contributed by atoms with Crippen molar-refractivity contribution in [1.82, 2.24) is 10.2 Å². The zero-order valence-electron chi connectivity index (χ0n) is 18.3. The minimum Gasteiger partial charge on any atom is -0.311 e. The number of fused-ring (bicyclic) bond motifs is 2. The van der Waals surface area contributed by atoms with Crippen LogP contribution in [0, 0.1) is 5.82 Å². The molecule has 1 N–H and O–H groups in total. The summed E-state index contributed by atoms with van der Waals surface area (Å²) in [5, 5.41) is 2.70. The number of nitrogens with one attached hydrogen (secondary N) is 1. The molecule has 2 aliphatic heterocycles. The number of hydrogen-bond acceptors (Lipinski definition) is 3. The molecule has 7 heteroatoms. The van der Waals surface area contributed by atoms with Gasteiger partial charge in [0.05, 0.1) is 12.2 Å². The lowest BCUT2D eigenvalue weighted by atomic mass is 9.91. The smallest absolute Gasteiger partial charge is 0.311 e. The van der Waals surface area contributed by atoms with Crippen molar-refractivity contribution in [2.24, 2.45) is 0 Å². The van der Waals surface area contributed by atoms with E-state index >= 15 is 0 Å².